The van der Waals surface area contributed by atoms with Gasteiger partial charge in [-0.25, -0.2) is 0 Å². The quantitative estimate of drug-likeness (QED) is 0.639. The van der Waals surface area contributed by atoms with Crippen LogP contribution in [0.3, 0.4) is 0 Å². The van der Waals surface area contributed by atoms with Crippen molar-refractivity contribution in [1.29, 1.82) is 5.41 Å². The third-order valence-corrected chi connectivity index (χ3v) is 6.35. The Morgan fingerprint density at radius 2 is 2.05 bits per heavy atom. The van der Waals surface area contributed by atoms with Crippen LogP contribution in [0.15, 0.2) is 22.8 Å². The molecule has 20 heavy (non-hydrogen) atoms. The number of allylic oxidation sites excluding steroid dienone is 4. The van der Waals surface area contributed by atoms with Crippen LogP contribution >= 0.6 is 0 Å². The molecule has 0 amide bonds. The Hall–Kier alpha value is -0.850. The van der Waals surface area contributed by atoms with Crippen molar-refractivity contribution < 1.29 is 0 Å². The van der Waals surface area contributed by atoms with Crippen molar-refractivity contribution in [3.63, 3.8) is 0 Å². The van der Waals surface area contributed by atoms with Crippen molar-refractivity contribution in [2.75, 3.05) is 0 Å². The van der Waals surface area contributed by atoms with Crippen LogP contribution in [-0.2, 0) is 0 Å². The van der Waals surface area contributed by atoms with Gasteiger partial charge in [0, 0.05) is 0 Å². The molecule has 3 rings (SSSR count). The van der Waals surface area contributed by atoms with Gasteiger partial charge in [0.1, 0.15) is 0 Å². The molecule has 1 N–H and O–H groups in total. The Morgan fingerprint density at radius 1 is 1.25 bits per heavy atom. The standard InChI is InChI=1S/C19H29N/c1-13(2)14-6-8-17-15(11-14)7-9-18-16(12-20)5-4-10-19(17,18)3/h11-13,16,18,20H,4-10H2,1-3H3/t16-,18?,19+/m0/s1. The summed E-state index contributed by atoms with van der Waals surface area (Å²) >= 11 is 0. The lowest BCUT2D eigenvalue weighted by Crippen LogP contribution is -2.42. The molecule has 110 valence electrons. The van der Waals surface area contributed by atoms with Crippen LogP contribution in [0.4, 0.5) is 0 Å². The number of rotatable bonds is 2. The second kappa shape index (κ2) is 5.16. The molecule has 0 aromatic heterocycles. The first-order valence-electron chi connectivity index (χ1n) is 8.50. The predicted octanol–water partition coefficient (Wildman–Crippen LogP) is 5.53. The summed E-state index contributed by atoms with van der Waals surface area (Å²) in [6.07, 6.45) is 13.3. The van der Waals surface area contributed by atoms with E-state index >= 15 is 0 Å². The Morgan fingerprint density at radius 3 is 2.75 bits per heavy atom. The zero-order chi connectivity index (χ0) is 14.3. The Balaban J connectivity index is 1.98. The maximum Gasteiger partial charge on any atom is -0.00136 e. The molecule has 0 spiro atoms. The fourth-order valence-corrected chi connectivity index (χ4v) is 5.13. The molecule has 0 aromatic rings. The van der Waals surface area contributed by atoms with E-state index in [-0.39, 0.29) is 0 Å². The normalized spacial score (nSPS) is 37.3. The summed E-state index contributed by atoms with van der Waals surface area (Å²) in [5.74, 6) is 1.98. The van der Waals surface area contributed by atoms with Gasteiger partial charge in [-0.2, -0.15) is 0 Å². The molecule has 0 saturated heterocycles. The molecule has 0 radical (unpaired) electrons. The van der Waals surface area contributed by atoms with E-state index in [1.807, 2.05) is 0 Å². The lowest BCUT2D eigenvalue weighted by Gasteiger charge is -2.51. The van der Waals surface area contributed by atoms with Gasteiger partial charge in [0.15, 0.2) is 0 Å². The molecule has 1 heteroatoms. The van der Waals surface area contributed by atoms with Crippen LogP contribution in [0.1, 0.15) is 65.7 Å². The minimum absolute atomic E-state index is 0.396. The van der Waals surface area contributed by atoms with Gasteiger partial charge in [-0.15, -0.1) is 0 Å². The highest BCUT2D eigenvalue weighted by molar-refractivity contribution is 5.58. The molecule has 1 nitrogen and oxygen atoms in total. The first-order chi connectivity index (χ1) is 9.56. The number of hydrogen-bond donors (Lipinski definition) is 1. The zero-order valence-corrected chi connectivity index (χ0v) is 13.3. The second-order valence-electron chi connectivity index (χ2n) is 7.66. The van der Waals surface area contributed by atoms with E-state index < -0.39 is 0 Å². The van der Waals surface area contributed by atoms with E-state index in [0.29, 0.717) is 17.3 Å². The van der Waals surface area contributed by atoms with E-state index in [1.54, 1.807) is 22.9 Å². The Kier molecular flexibility index (Phi) is 3.64. The molecule has 1 unspecified atom stereocenters. The maximum absolute atomic E-state index is 7.77. The van der Waals surface area contributed by atoms with E-state index in [0.717, 1.165) is 5.92 Å². The summed E-state index contributed by atoms with van der Waals surface area (Å²) in [5, 5.41) is 7.77. The van der Waals surface area contributed by atoms with E-state index in [9.17, 15) is 0 Å². The number of nitrogens with one attached hydrogen (secondary N) is 1. The number of fused-ring (bicyclic) bond motifs is 2. The van der Waals surface area contributed by atoms with Crippen molar-refractivity contribution >= 4 is 6.21 Å². The van der Waals surface area contributed by atoms with E-state index in [2.05, 4.69) is 26.8 Å². The monoisotopic (exact) mass is 271 g/mol. The largest absolute Gasteiger partial charge is 0.313 e. The molecule has 1 fully saturated rings. The SMILES string of the molecule is CC(C)C1=CC2=C(CC1)[C@@]1(C)CCC[C@@H](C=N)C1CC2. The van der Waals surface area contributed by atoms with Gasteiger partial charge in [-0.1, -0.05) is 44.4 Å². The highest BCUT2D eigenvalue weighted by Crippen LogP contribution is 2.57. The number of hydrogen-bond acceptors (Lipinski definition) is 1. The lowest BCUT2D eigenvalue weighted by atomic mass is 9.53. The van der Waals surface area contributed by atoms with Crippen LogP contribution in [-0.4, -0.2) is 6.21 Å². The molecule has 0 bridgehead atoms. The molecule has 3 aliphatic rings. The summed E-state index contributed by atoms with van der Waals surface area (Å²) < 4.78 is 0. The van der Waals surface area contributed by atoms with Crippen LogP contribution in [0.25, 0.3) is 0 Å². The van der Waals surface area contributed by atoms with Crippen LogP contribution < -0.4 is 0 Å². The average Bonchev–Trinajstić information content (AvgIpc) is 2.45. The highest BCUT2D eigenvalue weighted by Gasteiger charge is 2.46. The van der Waals surface area contributed by atoms with Gasteiger partial charge in [-0.05, 0) is 73.5 Å². The summed E-state index contributed by atoms with van der Waals surface area (Å²) in [4.78, 5) is 0. The summed E-state index contributed by atoms with van der Waals surface area (Å²) in [6.45, 7) is 7.17. The Labute approximate surface area is 124 Å². The van der Waals surface area contributed by atoms with Crippen molar-refractivity contribution in [3.8, 4) is 0 Å². The molecule has 3 atom stereocenters. The van der Waals surface area contributed by atoms with Gasteiger partial charge in [0.25, 0.3) is 0 Å². The summed E-state index contributed by atoms with van der Waals surface area (Å²) in [7, 11) is 0. The van der Waals surface area contributed by atoms with Gasteiger partial charge in [0.05, 0.1) is 0 Å². The molecule has 3 aliphatic carbocycles. The molecule has 0 heterocycles. The fourth-order valence-electron chi connectivity index (χ4n) is 5.13. The molecule has 1 saturated carbocycles. The van der Waals surface area contributed by atoms with Crippen LogP contribution in [0.5, 0.6) is 0 Å². The minimum atomic E-state index is 0.396. The van der Waals surface area contributed by atoms with Crippen molar-refractivity contribution in [2.24, 2.45) is 23.2 Å². The smallest absolute Gasteiger partial charge is 0.00136 e. The van der Waals surface area contributed by atoms with E-state index in [4.69, 9.17) is 5.41 Å². The topological polar surface area (TPSA) is 23.9 Å². The summed E-state index contributed by atoms with van der Waals surface area (Å²) in [5.41, 5.74) is 5.49. The summed E-state index contributed by atoms with van der Waals surface area (Å²) in [6, 6.07) is 0. The molecule has 0 aliphatic heterocycles. The fraction of sp³-hybridized carbons (Fsp3) is 0.737. The predicted molar refractivity (Wildman–Crippen MR) is 86.1 cm³/mol. The van der Waals surface area contributed by atoms with Crippen molar-refractivity contribution in [2.45, 2.75) is 65.7 Å². The van der Waals surface area contributed by atoms with Gasteiger partial charge >= 0.3 is 0 Å². The minimum Gasteiger partial charge on any atom is -0.313 e. The van der Waals surface area contributed by atoms with Gasteiger partial charge < -0.3 is 5.41 Å². The van der Waals surface area contributed by atoms with Crippen LogP contribution in [0, 0.1) is 28.6 Å². The van der Waals surface area contributed by atoms with E-state index in [1.165, 1.54) is 44.9 Å². The average molecular weight is 271 g/mol. The maximum atomic E-state index is 7.77. The second-order valence-corrected chi connectivity index (χ2v) is 7.66. The highest BCUT2D eigenvalue weighted by atomic mass is 14.5. The van der Waals surface area contributed by atoms with Crippen molar-refractivity contribution in [3.05, 3.63) is 22.8 Å². The first kappa shape index (κ1) is 14.1. The Bertz CT molecular complexity index is 468. The molecular weight excluding hydrogens is 242 g/mol. The molecule has 0 aromatic carbocycles. The third-order valence-electron chi connectivity index (χ3n) is 6.35. The molecular formula is C19H29N. The van der Waals surface area contributed by atoms with Gasteiger partial charge in [0.2, 0.25) is 0 Å². The van der Waals surface area contributed by atoms with Crippen molar-refractivity contribution in [1.82, 2.24) is 0 Å². The lowest BCUT2D eigenvalue weighted by molar-refractivity contribution is 0.102. The van der Waals surface area contributed by atoms with Crippen LogP contribution in [0.2, 0.25) is 0 Å². The van der Waals surface area contributed by atoms with Gasteiger partial charge in [-0.3, -0.25) is 0 Å². The zero-order valence-electron chi connectivity index (χ0n) is 13.3. The first-order valence-corrected chi connectivity index (χ1v) is 8.50. The third kappa shape index (κ3) is 2.10.